The topological polar surface area (TPSA) is 50.2 Å². The molecule has 152 valence electrons. The first-order valence-electron chi connectivity index (χ1n) is 10.3. The van der Waals surface area contributed by atoms with Crippen LogP contribution in [0.2, 0.25) is 0 Å². The number of rotatable bonds is 6. The van der Waals surface area contributed by atoms with E-state index in [0.717, 1.165) is 40.0 Å². The van der Waals surface area contributed by atoms with E-state index >= 15 is 0 Å². The summed E-state index contributed by atoms with van der Waals surface area (Å²) in [6, 6.07) is 27.0. The molecule has 0 fully saturated rings. The van der Waals surface area contributed by atoms with Crippen molar-refractivity contribution in [3.8, 4) is 0 Å². The number of carbonyl (C=O) groups is 1. The maximum atomic E-state index is 10.8. The van der Waals surface area contributed by atoms with Gasteiger partial charge >= 0.3 is 5.97 Å². The number of hydrogen-bond acceptors (Lipinski definition) is 2. The maximum absolute atomic E-state index is 10.8. The molecule has 0 bridgehead atoms. The van der Waals surface area contributed by atoms with E-state index in [2.05, 4.69) is 66.5 Å². The first kappa shape index (κ1) is 20.3. The summed E-state index contributed by atoms with van der Waals surface area (Å²) >= 11 is 0. The third kappa shape index (κ3) is 4.62. The first-order chi connectivity index (χ1) is 15.2. The highest BCUT2D eigenvalue weighted by molar-refractivity contribution is 6.00. The molecule has 3 aromatic carbocycles. The molecule has 1 heterocycles. The Kier molecular flexibility index (Phi) is 6.04. The highest BCUT2D eigenvalue weighted by atomic mass is 16.4. The number of allylic oxidation sites excluding steroid dienone is 1. The van der Waals surface area contributed by atoms with Gasteiger partial charge in [0, 0.05) is 23.9 Å². The van der Waals surface area contributed by atoms with Gasteiger partial charge in [-0.05, 0) is 63.4 Å². The molecule has 0 amide bonds. The molecule has 0 spiro atoms. The van der Waals surface area contributed by atoms with E-state index in [-0.39, 0.29) is 0 Å². The molecule has 3 nitrogen and oxygen atoms in total. The van der Waals surface area contributed by atoms with Gasteiger partial charge < -0.3 is 5.11 Å². The number of benzene rings is 3. The van der Waals surface area contributed by atoms with Crippen molar-refractivity contribution < 1.29 is 9.90 Å². The summed E-state index contributed by atoms with van der Waals surface area (Å²) in [5, 5.41) is 11.1. The quantitative estimate of drug-likeness (QED) is 0.287. The van der Waals surface area contributed by atoms with Gasteiger partial charge in [-0.25, -0.2) is 4.79 Å². The van der Waals surface area contributed by atoms with Crippen LogP contribution in [-0.4, -0.2) is 16.1 Å². The van der Waals surface area contributed by atoms with Crippen LogP contribution in [0.3, 0.4) is 0 Å². The fourth-order valence-electron chi connectivity index (χ4n) is 3.85. The molecule has 1 N–H and O–H groups in total. The van der Waals surface area contributed by atoms with Crippen molar-refractivity contribution in [1.29, 1.82) is 0 Å². The van der Waals surface area contributed by atoms with Crippen LogP contribution in [0.15, 0.2) is 97.3 Å². The predicted octanol–water partition coefficient (Wildman–Crippen LogP) is 6.70. The molecule has 3 heteroatoms. The Morgan fingerprint density at radius 1 is 0.871 bits per heavy atom. The van der Waals surface area contributed by atoms with E-state index in [1.54, 1.807) is 6.08 Å². The molecule has 31 heavy (non-hydrogen) atoms. The predicted molar refractivity (Wildman–Crippen MR) is 128 cm³/mol. The standard InChI is InChI=1S/C28H23NO2/c1-2-26(22-6-4-3-5-7-22)28(23-11-8-20(9-12-23)10-15-27(30)31)24-14-13-21-16-17-29-19-25(21)18-24/h3-19H,2H2,1H3,(H,30,31). The monoisotopic (exact) mass is 405 g/mol. The van der Waals surface area contributed by atoms with Gasteiger partial charge in [0.1, 0.15) is 0 Å². The second-order valence-corrected chi connectivity index (χ2v) is 7.30. The number of carboxylic acid groups (broad SMARTS) is 1. The van der Waals surface area contributed by atoms with Crippen molar-refractivity contribution in [2.75, 3.05) is 0 Å². The van der Waals surface area contributed by atoms with E-state index in [1.807, 2.05) is 36.7 Å². The zero-order chi connectivity index (χ0) is 21.6. The van der Waals surface area contributed by atoms with Crippen LogP contribution >= 0.6 is 0 Å². The zero-order valence-corrected chi connectivity index (χ0v) is 17.3. The average molecular weight is 405 g/mol. The fraction of sp³-hybridized carbons (Fsp3) is 0.0714. The Labute approximate surface area is 182 Å². The van der Waals surface area contributed by atoms with Crippen LogP contribution < -0.4 is 0 Å². The fourth-order valence-corrected chi connectivity index (χ4v) is 3.85. The molecule has 0 aliphatic carbocycles. The molecule has 0 radical (unpaired) electrons. The number of fused-ring (bicyclic) bond motifs is 1. The lowest BCUT2D eigenvalue weighted by molar-refractivity contribution is -0.131. The average Bonchev–Trinajstić information content (AvgIpc) is 2.82. The molecular formula is C28H23NO2. The second kappa shape index (κ2) is 9.23. The summed E-state index contributed by atoms with van der Waals surface area (Å²) in [5.74, 6) is -0.952. The van der Waals surface area contributed by atoms with Gasteiger partial charge in [-0.2, -0.15) is 0 Å². The summed E-state index contributed by atoms with van der Waals surface area (Å²) in [5.41, 5.74) is 6.71. The van der Waals surface area contributed by atoms with Gasteiger partial charge in [0.15, 0.2) is 0 Å². The van der Waals surface area contributed by atoms with Gasteiger partial charge in [0.25, 0.3) is 0 Å². The summed E-state index contributed by atoms with van der Waals surface area (Å²) in [6.45, 7) is 2.18. The second-order valence-electron chi connectivity index (χ2n) is 7.30. The third-order valence-corrected chi connectivity index (χ3v) is 5.32. The summed E-state index contributed by atoms with van der Waals surface area (Å²) in [6.07, 6.45) is 7.34. The number of hydrogen-bond donors (Lipinski definition) is 1. The molecule has 0 unspecified atom stereocenters. The Morgan fingerprint density at radius 2 is 1.61 bits per heavy atom. The van der Waals surface area contributed by atoms with E-state index < -0.39 is 5.97 Å². The molecule has 0 aliphatic rings. The van der Waals surface area contributed by atoms with E-state index in [1.165, 1.54) is 16.7 Å². The largest absolute Gasteiger partial charge is 0.478 e. The molecular weight excluding hydrogens is 382 g/mol. The molecule has 0 atom stereocenters. The maximum Gasteiger partial charge on any atom is 0.328 e. The number of nitrogens with zero attached hydrogens (tertiary/aromatic N) is 1. The van der Waals surface area contributed by atoms with Crippen molar-refractivity contribution in [1.82, 2.24) is 4.98 Å². The summed E-state index contributed by atoms with van der Waals surface area (Å²) in [7, 11) is 0. The number of aliphatic carboxylic acids is 1. The van der Waals surface area contributed by atoms with Crippen molar-refractivity contribution in [3.63, 3.8) is 0 Å². The van der Waals surface area contributed by atoms with Gasteiger partial charge in [-0.15, -0.1) is 0 Å². The minimum atomic E-state index is -0.952. The Bertz CT molecular complexity index is 1270. The zero-order valence-electron chi connectivity index (χ0n) is 17.3. The number of aromatic nitrogens is 1. The normalized spacial score (nSPS) is 12.2. The Morgan fingerprint density at radius 3 is 2.32 bits per heavy atom. The minimum Gasteiger partial charge on any atom is -0.478 e. The first-order valence-corrected chi connectivity index (χ1v) is 10.3. The molecule has 4 aromatic rings. The van der Waals surface area contributed by atoms with E-state index in [0.29, 0.717) is 0 Å². The molecule has 1 aromatic heterocycles. The van der Waals surface area contributed by atoms with Crippen LogP contribution in [0.4, 0.5) is 0 Å². The molecule has 0 saturated heterocycles. The lowest BCUT2D eigenvalue weighted by Crippen LogP contribution is -1.95. The molecule has 0 saturated carbocycles. The molecule has 0 aliphatic heterocycles. The minimum absolute atomic E-state index is 0.853. The van der Waals surface area contributed by atoms with Gasteiger partial charge in [0.05, 0.1) is 0 Å². The smallest absolute Gasteiger partial charge is 0.328 e. The lowest BCUT2D eigenvalue weighted by Gasteiger charge is -2.17. The van der Waals surface area contributed by atoms with Crippen LogP contribution in [0.25, 0.3) is 28.0 Å². The summed E-state index contributed by atoms with van der Waals surface area (Å²) < 4.78 is 0. The highest BCUT2D eigenvalue weighted by Gasteiger charge is 2.13. The van der Waals surface area contributed by atoms with Crippen molar-refractivity contribution in [3.05, 3.63) is 120 Å². The van der Waals surface area contributed by atoms with Crippen molar-refractivity contribution in [2.45, 2.75) is 13.3 Å². The SMILES string of the molecule is CCC(=C(c1ccc(C=CC(=O)O)cc1)c1ccc2ccncc2c1)c1ccccc1. The van der Waals surface area contributed by atoms with Crippen LogP contribution in [0.1, 0.15) is 35.6 Å². The number of carboxylic acids is 1. The third-order valence-electron chi connectivity index (χ3n) is 5.32. The molecule has 4 rings (SSSR count). The van der Waals surface area contributed by atoms with Gasteiger partial charge in [0.2, 0.25) is 0 Å². The lowest BCUT2D eigenvalue weighted by atomic mass is 9.87. The number of pyridine rings is 1. The Hall–Kier alpha value is -3.98. The van der Waals surface area contributed by atoms with Crippen LogP contribution in [0.5, 0.6) is 0 Å². The Balaban J connectivity index is 1.90. The summed E-state index contributed by atoms with van der Waals surface area (Å²) in [4.78, 5) is 15.1. The van der Waals surface area contributed by atoms with Crippen LogP contribution in [0, 0.1) is 0 Å². The highest BCUT2D eigenvalue weighted by Crippen LogP contribution is 2.35. The van der Waals surface area contributed by atoms with E-state index in [4.69, 9.17) is 5.11 Å². The van der Waals surface area contributed by atoms with Gasteiger partial charge in [-0.1, -0.05) is 73.7 Å². The van der Waals surface area contributed by atoms with Crippen molar-refractivity contribution >= 4 is 34.0 Å². The van der Waals surface area contributed by atoms with E-state index in [9.17, 15) is 4.79 Å². The van der Waals surface area contributed by atoms with Crippen LogP contribution in [-0.2, 0) is 4.79 Å². The van der Waals surface area contributed by atoms with Crippen molar-refractivity contribution in [2.24, 2.45) is 0 Å². The van der Waals surface area contributed by atoms with Gasteiger partial charge in [-0.3, -0.25) is 4.98 Å².